The molecule has 5 heteroatoms. The average Bonchev–Trinajstić information content (AvgIpc) is 2.34. The first kappa shape index (κ1) is 10.1. The second kappa shape index (κ2) is 4.34. The number of thiophene rings is 1. The number of anilines is 1. The lowest BCUT2D eigenvalue weighted by atomic mass is 10.5. The van der Waals surface area contributed by atoms with Crippen LogP contribution >= 0.6 is 23.6 Å². The Hall–Kier alpha value is -0.940. The molecule has 0 bridgehead atoms. The molecule has 0 unspecified atom stereocenters. The van der Waals surface area contributed by atoms with Crippen LogP contribution in [0.2, 0.25) is 0 Å². The summed E-state index contributed by atoms with van der Waals surface area (Å²) in [6.45, 7) is 3.14. The molecular formula is C8H9NO2S2. The summed E-state index contributed by atoms with van der Waals surface area (Å²) in [6, 6.07) is 1.78. The molecule has 1 amide bonds. The van der Waals surface area contributed by atoms with Crippen LogP contribution in [0.25, 0.3) is 0 Å². The summed E-state index contributed by atoms with van der Waals surface area (Å²) >= 11 is 6.18. The maximum Gasteiger partial charge on any atom is 0.221 e. The van der Waals surface area contributed by atoms with E-state index in [1.807, 2.05) is 5.38 Å². The Labute approximate surface area is 85.7 Å². The quantitative estimate of drug-likeness (QED) is 0.770. The summed E-state index contributed by atoms with van der Waals surface area (Å²) in [4.78, 5) is 10.8. The molecule has 1 rings (SSSR count). The van der Waals surface area contributed by atoms with Gasteiger partial charge in [-0.15, -0.1) is 11.3 Å². The lowest BCUT2D eigenvalue weighted by Gasteiger charge is -2.03. The molecule has 1 N–H and O–H groups in total. The molecule has 0 atom stereocenters. The topological polar surface area (TPSA) is 38.3 Å². The molecule has 0 radical (unpaired) electrons. The van der Waals surface area contributed by atoms with Gasteiger partial charge in [-0.2, -0.15) is 0 Å². The predicted molar refractivity (Wildman–Crippen MR) is 57.5 cm³/mol. The first-order valence-corrected chi connectivity index (χ1v) is 4.92. The third kappa shape index (κ3) is 3.12. The fraction of sp³-hybridized carbons (Fsp3) is 0.250. The van der Waals surface area contributed by atoms with Gasteiger partial charge in [-0.05, 0) is 23.7 Å². The number of nitrogens with one attached hydrogen (secondary N) is 1. The van der Waals surface area contributed by atoms with Crippen molar-refractivity contribution in [3.05, 3.63) is 11.4 Å². The minimum absolute atomic E-state index is 0.120. The first-order valence-electron chi connectivity index (χ1n) is 3.63. The average molecular weight is 215 g/mol. The van der Waals surface area contributed by atoms with Gasteiger partial charge in [0.05, 0.1) is 5.69 Å². The fourth-order valence-electron chi connectivity index (χ4n) is 0.787. The zero-order valence-corrected chi connectivity index (χ0v) is 8.92. The molecule has 0 fully saturated rings. The van der Waals surface area contributed by atoms with E-state index in [1.165, 1.54) is 18.3 Å². The maximum atomic E-state index is 10.8. The van der Waals surface area contributed by atoms with Gasteiger partial charge in [-0.25, -0.2) is 0 Å². The Morgan fingerprint density at radius 1 is 1.62 bits per heavy atom. The standard InChI is InChI=1S/C8H9NO2S2/c1-5(10)9-7-3-4-13-8(7)11-6(2)12/h3-4H,1-2H3,(H,9,10). The molecule has 70 valence electrons. The van der Waals surface area contributed by atoms with E-state index in [4.69, 9.17) is 17.0 Å². The van der Waals surface area contributed by atoms with Gasteiger partial charge in [-0.1, -0.05) is 0 Å². The highest BCUT2D eigenvalue weighted by molar-refractivity contribution is 7.80. The van der Waals surface area contributed by atoms with E-state index in [0.29, 0.717) is 15.8 Å². The fourth-order valence-corrected chi connectivity index (χ4v) is 1.67. The number of ether oxygens (including phenoxy) is 1. The Morgan fingerprint density at radius 2 is 2.31 bits per heavy atom. The van der Waals surface area contributed by atoms with Gasteiger partial charge < -0.3 is 10.1 Å². The first-order chi connectivity index (χ1) is 6.09. The molecule has 0 aliphatic heterocycles. The van der Waals surface area contributed by atoms with Crippen LogP contribution in [-0.4, -0.2) is 11.0 Å². The second-order valence-corrected chi connectivity index (χ2v) is 3.85. The number of thiocarbonyl (C=S) groups is 1. The van der Waals surface area contributed by atoms with Gasteiger partial charge in [0, 0.05) is 13.8 Å². The smallest absolute Gasteiger partial charge is 0.221 e. The largest absolute Gasteiger partial charge is 0.438 e. The summed E-state index contributed by atoms with van der Waals surface area (Å²) < 4.78 is 5.22. The van der Waals surface area contributed by atoms with Crippen LogP contribution in [0.5, 0.6) is 5.06 Å². The third-order valence-corrected chi connectivity index (χ3v) is 2.05. The minimum Gasteiger partial charge on any atom is -0.438 e. The molecule has 1 aromatic rings. The van der Waals surface area contributed by atoms with E-state index in [0.717, 1.165) is 0 Å². The van der Waals surface area contributed by atoms with E-state index >= 15 is 0 Å². The molecule has 0 spiro atoms. The summed E-state index contributed by atoms with van der Waals surface area (Å²) in [5.74, 6) is -0.120. The monoisotopic (exact) mass is 215 g/mol. The molecule has 0 aliphatic carbocycles. The zero-order valence-electron chi connectivity index (χ0n) is 7.29. The highest BCUT2D eigenvalue weighted by Crippen LogP contribution is 2.31. The van der Waals surface area contributed by atoms with Crippen molar-refractivity contribution in [2.45, 2.75) is 13.8 Å². The van der Waals surface area contributed by atoms with Crippen molar-refractivity contribution >= 4 is 40.2 Å². The Balaban J connectivity index is 2.76. The molecule has 1 aromatic heterocycles. The molecule has 13 heavy (non-hydrogen) atoms. The second-order valence-electron chi connectivity index (χ2n) is 2.40. The molecule has 0 aromatic carbocycles. The summed E-state index contributed by atoms with van der Waals surface area (Å²) in [7, 11) is 0. The van der Waals surface area contributed by atoms with Crippen LogP contribution in [0.15, 0.2) is 11.4 Å². The van der Waals surface area contributed by atoms with Gasteiger partial charge in [-0.3, -0.25) is 4.79 Å². The van der Waals surface area contributed by atoms with Gasteiger partial charge >= 0.3 is 0 Å². The van der Waals surface area contributed by atoms with Crippen molar-refractivity contribution in [2.24, 2.45) is 0 Å². The minimum atomic E-state index is -0.120. The molecule has 0 saturated heterocycles. The van der Waals surface area contributed by atoms with Crippen LogP contribution < -0.4 is 10.1 Å². The van der Waals surface area contributed by atoms with Crippen molar-refractivity contribution in [1.82, 2.24) is 0 Å². The number of hydrogen-bond acceptors (Lipinski definition) is 4. The highest BCUT2D eigenvalue weighted by atomic mass is 32.1. The van der Waals surface area contributed by atoms with Gasteiger partial charge in [0.1, 0.15) is 0 Å². The summed E-state index contributed by atoms with van der Waals surface area (Å²) in [5.41, 5.74) is 0.668. The van der Waals surface area contributed by atoms with Crippen LogP contribution in [0.3, 0.4) is 0 Å². The molecule has 3 nitrogen and oxygen atoms in total. The Bertz CT molecular complexity index is 302. The lowest BCUT2D eigenvalue weighted by Crippen LogP contribution is -2.07. The Morgan fingerprint density at radius 3 is 2.85 bits per heavy atom. The molecule has 0 aliphatic rings. The van der Waals surface area contributed by atoms with Crippen LogP contribution in [0, 0.1) is 0 Å². The number of hydrogen-bond donors (Lipinski definition) is 1. The highest BCUT2D eigenvalue weighted by Gasteiger charge is 2.07. The van der Waals surface area contributed by atoms with E-state index in [-0.39, 0.29) is 5.91 Å². The van der Waals surface area contributed by atoms with E-state index in [2.05, 4.69) is 5.32 Å². The van der Waals surface area contributed by atoms with Crippen molar-refractivity contribution < 1.29 is 9.53 Å². The van der Waals surface area contributed by atoms with Crippen molar-refractivity contribution in [2.75, 3.05) is 5.32 Å². The number of carbonyl (C=O) groups excluding carboxylic acids is 1. The number of rotatable bonds is 2. The molecule has 1 heterocycles. The third-order valence-electron chi connectivity index (χ3n) is 1.18. The normalized spacial score (nSPS) is 9.38. The van der Waals surface area contributed by atoms with Crippen LogP contribution in [0.1, 0.15) is 13.8 Å². The SMILES string of the molecule is CC(=O)Nc1ccsc1OC(C)=S. The van der Waals surface area contributed by atoms with E-state index in [1.54, 1.807) is 13.0 Å². The zero-order chi connectivity index (χ0) is 9.84. The number of carbonyl (C=O) groups is 1. The van der Waals surface area contributed by atoms with Gasteiger partial charge in [0.25, 0.3) is 0 Å². The Kier molecular flexibility index (Phi) is 3.39. The van der Waals surface area contributed by atoms with Gasteiger partial charge in [0.2, 0.25) is 11.0 Å². The van der Waals surface area contributed by atoms with E-state index < -0.39 is 0 Å². The summed E-state index contributed by atoms with van der Waals surface area (Å²) in [5, 5.41) is 5.54. The van der Waals surface area contributed by atoms with Gasteiger partial charge in [0.15, 0.2) is 5.05 Å². The van der Waals surface area contributed by atoms with Crippen molar-refractivity contribution in [3.8, 4) is 5.06 Å². The van der Waals surface area contributed by atoms with Crippen molar-refractivity contribution in [3.63, 3.8) is 0 Å². The maximum absolute atomic E-state index is 10.8. The number of amides is 1. The predicted octanol–water partition coefficient (Wildman–Crippen LogP) is 2.43. The van der Waals surface area contributed by atoms with E-state index in [9.17, 15) is 4.79 Å². The van der Waals surface area contributed by atoms with Crippen molar-refractivity contribution in [1.29, 1.82) is 0 Å². The summed E-state index contributed by atoms with van der Waals surface area (Å²) in [6.07, 6.45) is 0. The van der Waals surface area contributed by atoms with Crippen LogP contribution in [0.4, 0.5) is 5.69 Å². The lowest BCUT2D eigenvalue weighted by molar-refractivity contribution is -0.114. The molecular weight excluding hydrogens is 206 g/mol. The molecule has 0 saturated carbocycles. The van der Waals surface area contributed by atoms with Crippen LogP contribution in [-0.2, 0) is 4.79 Å².